The fourth-order valence-electron chi connectivity index (χ4n) is 9.00. The smallest absolute Gasteiger partial charge is 0.260 e. The topological polar surface area (TPSA) is 37.5 Å². The van der Waals surface area contributed by atoms with Crippen molar-refractivity contribution in [2.24, 2.45) is 0 Å². The van der Waals surface area contributed by atoms with Crippen LogP contribution in [0.3, 0.4) is 0 Å². The molecule has 5 heteroatoms. The first-order valence-electron chi connectivity index (χ1n) is 19.1. The minimum atomic E-state index is -0.0427. The maximum Gasteiger partial charge on any atom is 0.260 e. The summed E-state index contributed by atoms with van der Waals surface area (Å²) < 4.78 is 14.1. The number of aromatic nitrogens is 1. The van der Waals surface area contributed by atoms with Crippen LogP contribution >= 0.6 is 0 Å². The third kappa shape index (κ3) is 5.14. The summed E-state index contributed by atoms with van der Waals surface area (Å²) in [5, 5.41) is 2.39. The average Bonchev–Trinajstić information content (AvgIpc) is 3.61. The molecule has 0 amide bonds. The molecular formula is C50H37BN2O2. The third-order valence-electron chi connectivity index (χ3n) is 11.6. The van der Waals surface area contributed by atoms with Gasteiger partial charge in [0, 0.05) is 45.5 Å². The predicted octanol–water partition coefficient (Wildman–Crippen LogP) is 11.4. The Morgan fingerprint density at radius 2 is 1.38 bits per heavy atom. The summed E-state index contributed by atoms with van der Waals surface area (Å²) in [5.41, 5.74) is 14.6. The number of hydrogen-bond donors (Lipinski definition) is 1. The lowest BCUT2D eigenvalue weighted by atomic mass is 9.34. The number of aromatic amines is 1. The van der Waals surface area contributed by atoms with Gasteiger partial charge in [-0.15, -0.1) is 0 Å². The number of hydrogen-bond acceptors (Lipinski definition) is 3. The monoisotopic (exact) mass is 708 g/mol. The minimum Gasteiger partial charge on any atom is -0.458 e. The van der Waals surface area contributed by atoms with Crippen molar-refractivity contribution in [2.75, 3.05) is 4.90 Å². The van der Waals surface area contributed by atoms with Gasteiger partial charge in [0.15, 0.2) is 0 Å². The molecule has 1 aromatic heterocycles. The highest BCUT2D eigenvalue weighted by Gasteiger charge is 2.41. The number of nitrogens with zero attached hydrogens (tertiary/aromatic N) is 1. The van der Waals surface area contributed by atoms with E-state index in [0.717, 1.165) is 85.0 Å². The summed E-state index contributed by atoms with van der Waals surface area (Å²) in [6.07, 6.45) is 9.79. The molecule has 1 N–H and O–H groups in total. The Labute approximate surface area is 321 Å². The summed E-state index contributed by atoms with van der Waals surface area (Å²) in [6.45, 7) is 4.30. The van der Waals surface area contributed by atoms with Crippen molar-refractivity contribution in [3.05, 3.63) is 181 Å². The van der Waals surface area contributed by atoms with Gasteiger partial charge >= 0.3 is 0 Å². The molecule has 0 radical (unpaired) electrons. The molecule has 4 nitrogen and oxygen atoms in total. The highest BCUT2D eigenvalue weighted by atomic mass is 16.5. The zero-order valence-electron chi connectivity index (χ0n) is 30.7. The maximum atomic E-state index is 7.05. The molecule has 3 aliphatic rings. The average molecular weight is 709 g/mol. The van der Waals surface area contributed by atoms with Gasteiger partial charge in [0.25, 0.3) is 6.71 Å². The van der Waals surface area contributed by atoms with Crippen molar-refractivity contribution in [3.8, 4) is 34.1 Å². The van der Waals surface area contributed by atoms with E-state index < -0.39 is 0 Å². The van der Waals surface area contributed by atoms with E-state index in [9.17, 15) is 0 Å². The number of benzene rings is 7. The van der Waals surface area contributed by atoms with Crippen molar-refractivity contribution in [2.45, 2.75) is 26.2 Å². The summed E-state index contributed by atoms with van der Waals surface area (Å²) in [4.78, 5) is 6.14. The molecule has 8 aromatic rings. The van der Waals surface area contributed by atoms with Crippen LogP contribution in [-0.2, 0) is 0 Å². The van der Waals surface area contributed by atoms with Gasteiger partial charge in [-0.2, -0.15) is 0 Å². The summed E-state index contributed by atoms with van der Waals surface area (Å²) in [5.74, 6) is 3.71. The Bertz CT molecular complexity index is 2910. The molecule has 0 bridgehead atoms. The van der Waals surface area contributed by atoms with E-state index in [2.05, 4.69) is 188 Å². The number of para-hydroxylation sites is 2. The van der Waals surface area contributed by atoms with Gasteiger partial charge in [-0.25, -0.2) is 0 Å². The van der Waals surface area contributed by atoms with Crippen LogP contribution in [0.2, 0.25) is 0 Å². The van der Waals surface area contributed by atoms with Crippen LogP contribution in [0.25, 0.3) is 32.9 Å². The lowest BCUT2D eigenvalue weighted by Gasteiger charge is -2.35. The molecular weight excluding hydrogens is 671 g/mol. The van der Waals surface area contributed by atoms with Crippen LogP contribution in [0, 0.1) is 13.8 Å². The van der Waals surface area contributed by atoms with Gasteiger partial charge in [-0.1, -0.05) is 127 Å². The van der Waals surface area contributed by atoms with Gasteiger partial charge in [-0.05, 0) is 83.8 Å². The molecule has 11 rings (SSSR count). The van der Waals surface area contributed by atoms with E-state index in [-0.39, 0.29) is 6.71 Å². The molecule has 0 spiro atoms. The van der Waals surface area contributed by atoms with Crippen LogP contribution < -0.4 is 30.8 Å². The van der Waals surface area contributed by atoms with Crippen molar-refractivity contribution < 1.29 is 9.47 Å². The molecule has 3 heterocycles. The van der Waals surface area contributed by atoms with Crippen LogP contribution in [0.5, 0.6) is 23.0 Å². The van der Waals surface area contributed by atoms with E-state index in [1.165, 1.54) is 27.5 Å². The fraction of sp³-hybridized carbons (Fsp3) is 0.0800. The molecule has 0 fully saturated rings. The summed E-state index contributed by atoms with van der Waals surface area (Å²) in [7, 11) is 0. The number of fused-ring (bicyclic) bond motifs is 7. The Balaban J connectivity index is 1.14. The first-order chi connectivity index (χ1) is 27.1. The Morgan fingerprint density at radius 1 is 0.618 bits per heavy atom. The second kappa shape index (κ2) is 12.4. The molecule has 2 aliphatic heterocycles. The molecule has 1 aliphatic carbocycles. The SMILES string of the molecule is Cc1ccc(N(c2cc3c4c(c2)Oc2cc(C5C=CC=CC5)ccc2B4c2ccc(-c4ccccc4)cc2O3)c2cccc3c2[nH]c2ccccc23)c(C)c1. The highest BCUT2D eigenvalue weighted by Crippen LogP contribution is 2.46. The van der Waals surface area contributed by atoms with Crippen molar-refractivity contribution >= 4 is 62.0 Å². The standard InChI is InChI=1S/C50H37BN2O2/c1-31-20-25-43(32(2)26-31)53(44-19-11-17-39-38-16-9-10-18-42(38)52-50(39)44)37-29-47-49-48(30-37)55-46-28-36(34-14-7-4-8-15-34)22-24-41(46)51(49)40-23-21-35(27-45(40)54-47)33-12-5-3-6-13-33/h3-14,16-30,34,52H,15H2,1-2H3. The molecule has 1 atom stereocenters. The molecule has 7 aromatic carbocycles. The number of H-pyrrole nitrogens is 1. The van der Waals surface area contributed by atoms with E-state index in [4.69, 9.17) is 9.47 Å². The zero-order valence-corrected chi connectivity index (χ0v) is 30.7. The Morgan fingerprint density at radius 3 is 2.18 bits per heavy atom. The first kappa shape index (κ1) is 31.8. The van der Waals surface area contributed by atoms with Crippen LogP contribution in [0.4, 0.5) is 17.1 Å². The minimum absolute atomic E-state index is 0.0427. The van der Waals surface area contributed by atoms with E-state index >= 15 is 0 Å². The summed E-state index contributed by atoms with van der Waals surface area (Å²) >= 11 is 0. The largest absolute Gasteiger partial charge is 0.458 e. The van der Waals surface area contributed by atoms with E-state index in [0.29, 0.717) is 5.92 Å². The van der Waals surface area contributed by atoms with Gasteiger partial charge in [0.2, 0.25) is 0 Å². The lowest BCUT2D eigenvalue weighted by Crippen LogP contribution is -2.57. The second-order valence-electron chi connectivity index (χ2n) is 15.1. The quantitative estimate of drug-likeness (QED) is 0.181. The van der Waals surface area contributed by atoms with Crippen molar-refractivity contribution in [1.82, 2.24) is 4.98 Å². The predicted molar refractivity (Wildman–Crippen MR) is 229 cm³/mol. The molecule has 262 valence electrons. The molecule has 1 unspecified atom stereocenters. The second-order valence-corrected chi connectivity index (χ2v) is 15.1. The fourth-order valence-corrected chi connectivity index (χ4v) is 9.00. The molecule has 55 heavy (non-hydrogen) atoms. The van der Waals surface area contributed by atoms with Crippen LogP contribution in [-0.4, -0.2) is 11.7 Å². The molecule has 0 saturated heterocycles. The van der Waals surface area contributed by atoms with Gasteiger partial charge < -0.3 is 19.4 Å². The third-order valence-corrected chi connectivity index (χ3v) is 11.6. The zero-order chi connectivity index (χ0) is 36.6. The summed E-state index contributed by atoms with van der Waals surface area (Å²) in [6, 6.07) is 50.3. The number of aryl methyl sites for hydroxylation is 2. The lowest BCUT2D eigenvalue weighted by molar-refractivity contribution is 0.464. The number of nitrogens with one attached hydrogen (secondary N) is 1. The number of rotatable bonds is 5. The van der Waals surface area contributed by atoms with Gasteiger partial charge in [0.1, 0.15) is 23.0 Å². The van der Waals surface area contributed by atoms with Crippen LogP contribution in [0.15, 0.2) is 164 Å². The Kier molecular flexibility index (Phi) is 7.18. The number of allylic oxidation sites excluding steroid dienone is 4. The normalized spacial score (nSPS) is 14.9. The maximum absolute atomic E-state index is 7.05. The highest BCUT2D eigenvalue weighted by molar-refractivity contribution is 6.98. The van der Waals surface area contributed by atoms with Crippen LogP contribution in [0.1, 0.15) is 29.0 Å². The number of anilines is 3. The van der Waals surface area contributed by atoms with Crippen molar-refractivity contribution in [3.63, 3.8) is 0 Å². The van der Waals surface area contributed by atoms with E-state index in [1.54, 1.807) is 0 Å². The first-order valence-corrected chi connectivity index (χ1v) is 19.1. The van der Waals surface area contributed by atoms with Crippen molar-refractivity contribution in [1.29, 1.82) is 0 Å². The van der Waals surface area contributed by atoms with Gasteiger partial charge in [-0.3, -0.25) is 0 Å². The number of ether oxygens (including phenoxy) is 2. The Hall–Kier alpha value is -6.72. The van der Waals surface area contributed by atoms with Gasteiger partial charge in [0.05, 0.1) is 16.9 Å². The molecule has 0 saturated carbocycles. The van der Waals surface area contributed by atoms with E-state index in [1.807, 2.05) is 0 Å².